The van der Waals surface area contributed by atoms with Crippen LogP contribution in [0.25, 0.3) is 0 Å². The number of hydrogen-bond donors (Lipinski definition) is 1. The molecule has 1 heterocycles. The van der Waals surface area contributed by atoms with Crippen LogP contribution in [0.3, 0.4) is 0 Å². The number of ether oxygens (including phenoxy) is 3. The van der Waals surface area contributed by atoms with Gasteiger partial charge >= 0.3 is 0 Å². The number of carbonyl (C=O) groups excluding carboxylic acids is 2. The minimum absolute atomic E-state index is 0.0243. The molecule has 0 aromatic carbocycles. The van der Waals surface area contributed by atoms with Crippen molar-refractivity contribution in [1.29, 1.82) is 0 Å². The van der Waals surface area contributed by atoms with Crippen LogP contribution in [0, 0.1) is 28.6 Å². The molecule has 0 radical (unpaired) electrons. The molecule has 166 valence electrons. The molecule has 0 aromatic heterocycles. The molecule has 0 unspecified atom stereocenters. The molecule has 0 bridgehead atoms. The fourth-order valence-electron chi connectivity index (χ4n) is 8.12. The summed E-state index contributed by atoms with van der Waals surface area (Å²) in [6, 6.07) is 0. The molecule has 4 fully saturated rings. The molecule has 8 atom stereocenters. The predicted molar refractivity (Wildman–Crippen MR) is 108 cm³/mol. The monoisotopic (exact) mass is 418 g/mol. The third-order valence-electron chi connectivity index (χ3n) is 9.66. The molecule has 1 aliphatic heterocycles. The topological polar surface area (TPSA) is 82.1 Å². The van der Waals surface area contributed by atoms with Crippen LogP contribution in [0.4, 0.5) is 0 Å². The van der Waals surface area contributed by atoms with E-state index in [9.17, 15) is 14.7 Å². The lowest BCUT2D eigenvalue weighted by molar-refractivity contribution is -0.415. The van der Waals surface area contributed by atoms with Gasteiger partial charge in [-0.3, -0.25) is 9.59 Å². The molecule has 0 amide bonds. The predicted octanol–water partition coefficient (Wildman–Crippen LogP) is 3.16. The van der Waals surface area contributed by atoms with Gasteiger partial charge in [0.15, 0.2) is 11.6 Å². The average Bonchev–Trinajstić information content (AvgIpc) is 2.98. The van der Waals surface area contributed by atoms with Gasteiger partial charge in [0.1, 0.15) is 12.2 Å². The van der Waals surface area contributed by atoms with Crippen LogP contribution < -0.4 is 0 Å². The first-order valence-corrected chi connectivity index (χ1v) is 11.4. The summed E-state index contributed by atoms with van der Waals surface area (Å²) in [5.41, 5.74) is -0.349. The summed E-state index contributed by atoms with van der Waals surface area (Å²) in [5.74, 6) is -0.310. The van der Waals surface area contributed by atoms with Crippen molar-refractivity contribution in [3.8, 4) is 0 Å². The fourth-order valence-corrected chi connectivity index (χ4v) is 8.12. The largest absolute Gasteiger partial charge is 0.393 e. The van der Waals surface area contributed by atoms with Gasteiger partial charge in [-0.05, 0) is 67.8 Å². The summed E-state index contributed by atoms with van der Waals surface area (Å²) in [7, 11) is 1.53. The van der Waals surface area contributed by atoms with Crippen LogP contribution in [0.5, 0.6) is 0 Å². The highest BCUT2D eigenvalue weighted by atomic mass is 16.9. The van der Waals surface area contributed by atoms with E-state index in [2.05, 4.69) is 13.8 Å². The van der Waals surface area contributed by atoms with E-state index >= 15 is 0 Å². The van der Waals surface area contributed by atoms with Crippen LogP contribution in [0.2, 0.25) is 0 Å². The zero-order chi connectivity index (χ0) is 21.5. The van der Waals surface area contributed by atoms with Crippen molar-refractivity contribution in [2.24, 2.45) is 28.6 Å². The summed E-state index contributed by atoms with van der Waals surface area (Å²) in [6.07, 6.45) is 6.64. The lowest BCUT2D eigenvalue weighted by atomic mass is 9.45. The maximum atomic E-state index is 13.2. The molecule has 1 N–H and O–H groups in total. The number of aliphatic hydroxyl groups excluding tert-OH is 1. The zero-order valence-electron chi connectivity index (χ0n) is 18.5. The molecule has 4 aliphatic carbocycles. The van der Waals surface area contributed by atoms with Crippen molar-refractivity contribution in [1.82, 2.24) is 0 Å². The summed E-state index contributed by atoms with van der Waals surface area (Å²) in [5, 5.41) is 11.5. The van der Waals surface area contributed by atoms with Crippen LogP contribution in [0.15, 0.2) is 11.6 Å². The van der Waals surface area contributed by atoms with Crippen LogP contribution in [0.1, 0.15) is 65.7 Å². The van der Waals surface area contributed by atoms with Crippen molar-refractivity contribution in [2.45, 2.75) is 83.4 Å². The van der Waals surface area contributed by atoms with Crippen molar-refractivity contribution >= 4 is 11.6 Å². The number of methoxy groups -OCH3 is 1. The zero-order valence-corrected chi connectivity index (χ0v) is 18.5. The number of ketones is 2. The standard InChI is InChI=1S/C24H34O6/c1-21-9-7-15(25)11-14(21)5-6-16-17-8-10-24(22(17,2)12-18(26)20(16)21)19(27)13-29-23(3,28-4)30-24/h11,16-18,20,26H,5-10,12-13H2,1-4H3/t16-,17+,18-,20+,21-,22-,23+,24-/m0/s1. The highest BCUT2D eigenvalue weighted by molar-refractivity contribution is 5.92. The molecule has 6 nitrogen and oxygen atoms in total. The van der Waals surface area contributed by atoms with Gasteiger partial charge in [0.2, 0.25) is 0 Å². The number of carbonyl (C=O) groups is 2. The first-order valence-electron chi connectivity index (χ1n) is 11.4. The molecular formula is C24H34O6. The summed E-state index contributed by atoms with van der Waals surface area (Å²) >= 11 is 0. The second-order valence-electron chi connectivity index (χ2n) is 10.8. The molecule has 6 heteroatoms. The SMILES string of the molecule is CO[C@]1(C)OCC(=O)[C@]2(CC[C@@H]3[C@@H]4CCC5=CC(=O)CC[C@]5(C)[C@H]4[C@@H](O)C[C@@]32C)O1. The van der Waals surface area contributed by atoms with Crippen molar-refractivity contribution in [3.05, 3.63) is 11.6 Å². The van der Waals surface area contributed by atoms with Crippen molar-refractivity contribution in [2.75, 3.05) is 13.7 Å². The van der Waals surface area contributed by atoms with Crippen LogP contribution in [-0.4, -0.2) is 48.1 Å². The Morgan fingerprint density at radius 2 is 1.90 bits per heavy atom. The van der Waals surface area contributed by atoms with Gasteiger partial charge < -0.3 is 19.3 Å². The molecular weight excluding hydrogens is 384 g/mol. The Morgan fingerprint density at radius 3 is 2.63 bits per heavy atom. The average molecular weight is 419 g/mol. The summed E-state index contributed by atoms with van der Waals surface area (Å²) < 4.78 is 17.4. The molecule has 1 spiro atoms. The molecule has 5 rings (SSSR count). The van der Waals surface area contributed by atoms with E-state index < -0.39 is 23.1 Å². The Labute approximate surface area is 178 Å². The van der Waals surface area contributed by atoms with E-state index in [1.165, 1.54) is 12.7 Å². The van der Waals surface area contributed by atoms with Crippen LogP contribution >= 0.6 is 0 Å². The second kappa shape index (κ2) is 6.47. The Balaban J connectivity index is 1.54. The van der Waals surface area contributed by atoms with E-state index in [4.69, 9.17) is 14.2 Å². The van der Waals surface area contributed by atoms with Crippen LogP contribution in [-0.2, 0) is 23.8 Å². The number of fused-ring (bicyclic) bond motifs is 6. The highest BCUT2D eigenvalue weighted by Crippen LogP contribution is 2.69. The van der Waals surface area contributed by atoms with Gasteiger partial charge in [-0.15, -0.1) is 0 Å². The van der Waals surface area contributed by atoms with Gasteiger partial charge in [-0.1, -0.05) is 19.4 Å². The molecule has 0 aromatic rings. The van der Waals surface area contributed by atoms with Gasteiger partial charge in [0.25, 0.3) is 5.97 Å². The molecule has 30 heavy (non-hydrogen) atoms. The number of hydrogen-bond acceptors (Lipinski definition) is 6. The number of rotatable bonds is 1. The smallest absolute Gasteiger partial charge is 0.281 e. The number of Topliss-reactive ketones (excluding diaryl/α,β-unsaturated/α-hetero) is 1. The van der Waals surface area contributed by atoms with Gasteiger partial charge in [0, 0.05) is 25.9 Å². The van der Waals surface area contributed by atoms with Crippen molar-refractivity contribution in [3.63, 3.8) is 0 Å². The Hall–Kier alpha value is -1.08. The lowest BCUT2D eigenvalue weighted by Crippen LogP contribution is -2.67. The van der Waals surface area contributed by atoms with E-state index in [0.29, 0.717) is 31.1 Å². The third kappa shape index (κ3) is 2.51. The minimum atomic E-state index is -1.24. The molecule has 1 saturated heterocycles. The maximum Gasteiger partial charge on any atom is 0.281 e. The van der Waals surface area contributed by atoms with E-state index in [-0.39, 0.29) is 29.5 Å². The normalized spacial score (nSPS) is 53.2. The highest BCUT2D eigenvalue weighted by Gasteiger charge is 2.71. The Bertz CT molecular complexity index is 821. The van der Waals surface area contributed by atoms with E-state index in [0.717, 1.165) is 25.7 Å². The molecule has 5 aliphatic rings. The first kappa shape index (κ1) is 20.8. The van der Waals surface area contributed by atoms with E-state index in [1.807, 2.05) is 6.08 Å². The van der Waals surface area contributed by atoms with Gasteiger partial charge in [-0.25, -0.2) is 0 Å². The van der Waals surface area contributed by atoms with Gasteiger partial charge in [-0.2, -0.15) is 0 Å². The summed E-state index contributed by atoms with van der Waals surface area (Å²) in [6.45, 7) is 6.08. The summed E-state index contributed by atoms with van der Waals surface area (Å²) in [4.78, 5) is 25.3. The quantitative estimate of drug-likeness (QED) is 0.704. The second-order valence-corrected chi connectivity index (χ2v) is 10.8. The minimum Gasteiger partial charge on any atom is -0.393 e. The number of aliphatic hydroxyl groups is 1. The first-order chi connectivity index (χ1) is 14.1. The Kier molecular flexibility index (Phi) is 4.49. The lowest BCUT2D eigenvalue weighted by Gasteiger charge is -2.61. The number of allylic oxidation sites excluding steroid dienone is 1. The Morgan fingerprint density at radius 1 is 1.13 bits per heavy atom. The fraction of sp³-hybridized carbons (Fsp3) is 0.833. The molecule has 3 saturated carbocycles. The maximum absolute atomic E-state index is 13.2. The van der Waals surface area contributed by atoms with E-state index in [1.54, 1.807) is 6.92 Å². The van der Waals surface area contributed by atoms with Crippen molar-refractivity contribution < 1.29 is 28.9 Å². The van der Waals surface area contributed by atoms with Gasteiger partial charge in [0.05, 0.1) is 6.10 Å². The third-order valence-corrected chi connectivity index (χ3v) is 9.66.